The fourth-order valence-electron chi connectivity index (χ4n) is 1.54. The van der Waals surface area contributed by atoms with Gasteiger partial charge in [-0.1, -0.05) is 6.92 Å². The topological polar surface area (TPSA) is 38.3 Å². The molecule has 1 aromatic rings. The molecule has 0 bridgehead atoms. The van der Waals surface area contributed by atoms with Crippen molar-refractivity contribution in [2.45, 2.75) is 25.6 Å². The molecule has 0 unspecified atom stereocenters. The molecule has 1 atom stereocenters. The molecule has 6 heteroatoms. The molecule has 0 spiro atoms. The van der Waals surface area contributed by atoms with Crippen LogP contribution in [0.25, 0.3) is 0 Å². The van der Waals surface area contributed by atoms with Gasteiger partial charge < -0.3 is 10.1 Å². The Morgan fingerprint density at radius 2 is 1.89 bits per heavy atom. The van der Waals surface area contributed by atoms with Gasteiger partial charge >= 0.3 is 6.18 Å². The average molecular weight is 275 g/mol. The second-order valence-corrected chi connectivity index (χ2v) is 4.11. The lowest BCUT2D eigenvalue weighted by atomic mass is 10.1. The van der Waals surface area contributed by atoms with Gasteiger partial charge in [0.1, 0.15) is 0 Å². The Morgan fingerprint density at radius 3 is 2.32 bits per heavy atom. The van der Waals surface area contributed by atoms with E-state index < -0.39 is 17.6 Å². The van der Waals surface area contributed by atoms with Crippen LogP contribution in [0.3, 0.4) is 0 Å². The predicted octanol–water partition coefficient (Wildman–Crippen LogP) is 2.86. The lowest BCUT2D eigenvalue weighted by Gasteiger charge is -2.16. The molecule has 0 aliphatic rings. The highest BCUT2D eigenvalue weighted by Crippen LogP contribution is 2.29. The number of hydrogen-bond acceptors (Lipinski definition) is 2. The van der Waals surface area contributed by atoms with E-state index in [9.17, 15) is 18.0 Å². The van der Waals surface area contributed by atoms with E-state index in [1.807, 2.05) is 6.92 Å². The van der Waals surface area contributed by atoms with Gasteiger partial charge in [0.25, 0.3) is 5.91 Å². The van der Waals surface area contributed by atoms with Crippen LogP contribution in [0.5, 0.6) is 0 Å². The highest BCUT2D eigenvalue weighted by Gasteiger charge is 2.30. The van der Waals surface area contributed by atoms with Crippen LogP contribution in [0.2, 0.25) is 0 Å². The second kappa shape index (κ2) is 6.56. The van der Waals surface area contributed by atoms with Crippen LogP contribution in [0.1, 0.15) is 29.3 Å². The van der Waals surface area contributed by atoms with E-state index in [4.69, 9.17) is 4.74 Å². The standard InChI is InChI=1S/C13H16F3NO2/c1-3-11(8-19-2)17-12(18)9-4-6-10(7-5-9)13(14,15)16/h4-7,11H,3,8H2,1-2H3,(H,17,18)/t11-/m0/s1. The van der Waals surface area contributed by atoms with E-state index in [1.54, 1.807) is 0 Å². The third-order valence-corrected chi connectivity index (χ3v) is 2.67. The van der Waals surface area contributed by atoms with Crippen molar-refractivity contribution in [2.75, 3.05) is 13.7 Å². The number of carbonyl (C=O) groups excluding carboxylic acids is 1. The Balaban J connectivity index is 2.73. The van der Waals surface area contributed by atoms with Crippen molar-refractivity contribution in [3.8, 4) is 0 Å². The molecule has 1 N–H and O–H groups in total. The SMILES string of the molecule is CC[C@@H](COC)NC(=O)c1ccc(C(F)(F)F)cc1. The van der Waals surface area contributed by atoms with E-state index >= 15 is 0 Å². The maximum atomic E-state index is 12.4. The first-order chi connectivity index (χ1) is 8.88. The van der Waals surface area contributed by atoms with E-state index in [0.29, 0.717) is 13.0 Å². The Kier molecular flexibility index (Phi) is 5.35. The molecule has 3 nitrogen and oxygen atoms in total. The van der Waals surface area contributed by atoms with Gasteiger partial charge in [-0.15, -0.1) is 0 Å². The molecular weight excluding hydrogens is 259 g/mol. The van der Waals surface area contributed by atoms with Crippen molar-refractivity contribution >= 4 is 5.91 Å². The first-order valence-corrected chi connectivity index (χ1v) is 5.85. The lowest BCUT2D eigenvalue weighted by Crippen LogP contribution is -2.37. The number of methoxy groups -OCH3 is 1. The summed E-state index contributed by atoms with van der Waals surface area (Å²) in [6.07, 6.45) is -3.71. The molecule has 0 saturated heterocycles. The van der Waals surface area contributed by atoms with Crippen molar-refractivity contribution in [3.63, 3.8) is 0 Å². The number of rotatable bonds is 5. The van der Waals surface area contributed by atoms with E-state index in [0.717, 1.165) is 24.3 Å². The molecule has 19 heavy (non-hydrogen) atoms. The normalized spacial score (nSPS) is 13.1. The number of nitrogens with one attached hydrogen (secondary N) is 1. The minimum atomic E-state index is -4.39. The molecule has 0 aromatic heterocycles. The van der Waals surface area contributed by atoms with Crippen LogP contribution in [-0.4, -0.2) is 25.7 Å². The zero-order chi connectivity index (χ0) is 14.5. The van der Waals surface area contributed by atoms with Gasteiger partial charge in [0.05, 0.1) is 18.2 Å². The van der Waals surface area contributed by atoms with Crippen molar-refractivity contribution in [3.05, 3.63) is 35.4 Å². The third kappa shape index (κ3) is 4.55. The molecule has 1 aromatic carbocycles. The van der Waals surface area contributed by atoms with Crippen LogP contribution in [0, 0.1) is 0 Å². The first-order valence-electron chi connectivity index (χ1n) is 5.85. The van der Waals surface area contributed by atoms with E-state index in [-0.39, 0.29) is 11.6 Å². The summed E-state index contributed by atoms with van der Waals surface area (Å²) in [5, 5.41) is 2.70. The zero-order valence-corrected chi connectivity index (χ0v) is 10.8. The Hall–Kier alpha value is -1.56. The highest BCUT2D eigenvalue weighted by molar-refractivity contribution is 5.94. The molecule has 0 saturated carbocycles. The summed E-state index contributed by atoms with van der Waals surface area (Å²) in [4.78, 5) is 11.8. The van der Waals surface area contributed by atoms with Crippen LogP contribution >= 0.6 is 0 Å². The summed E-state index contributed by atoms with van der Waals surface area (Å²) in [6.45, 7) is 2.25. The highest BCUT2D eigenvalue weighted by atomic mass is 19.4. The predicted molar refractivity (Wildman–Crippen MR) is 64.9 cm³/mol. The summed E-state index contributed by atoms with van der Waals surface area (Å²) < 4.78 is 42.0. The molecule has 0 fully saturated rings. The van der Waals surface area contributed by atoms with Gasteiger partial charge in [0.15, 0.2) is 0 Å². The van der Waals surface area contributed by atoms with Gasteiger partial charge in [0.2, 0.25) is 0 Å². The quantitative estimate of drug-likeness (QED) is 0.897. The molecule has 1 rings (SSSR count). The van der Waals surface area contributed by atoms with Crippen molar-refractivity contribution in [1.29, 1.82) is 0 Å². The smallest absolute Gasteiger partial charge is 0.383 e. The Bertz CT molecular complexity index is 415. The molecule has 0 aliphatic carbocycles. The molecule has 0 aliphatic heterocycles. The summed E-state index contributed by atoms with van der Waals surface area (Å²) >= 11 is 0. The minimum absolute atomic E-state index is 0.153. The third-order valence-electron chi connectivity index (χ3n) is 2.67. The summed E-state index contributed by atoms with van der Waals surface area (Å²) in [6, 6.07) is 3.97. The van der Waals surface area contributed by atoms with Crippen LogP contribution in [-0.2, 0) is 10.9 Å². The summed E-state index contributed by atoms with van der Waals surface area (Å²) in [5.41, 5.74) is -0.574. The molecule has 0 heterocycles. The van der Waals surface area contributed by atoms with Crippen molar-refractivity contribution in [1.82, 2.24) is 5.32 Å². The van der Waals surface area contributed by atoms with Gasteiger partial charge in [-0.05, 0) is 30.7 Å². The molecule has 106 valence electrons. The average Bonchev–Trinajstić information content (AvgIpc) is 2.37. The molecule has 0 radical (unpaired) electrons. The lowest BCUT2D eigenvalue weighted by molar-refractivity contribution is -0.137. The minimum Gasteiger partial charge on any atom is -0.383 e. The maximum Gasteiger partial charge on any atom is 0.416 e. The Labute approximate surface area is 109 Å². The number of benzene rings is 1. The first kappa shape index (κ1) is 15.5. The maximum absolute atomic E-state index is 12.4. The number of ether oxygens (including phenoxy) is 1. The summed E-state index contributed by atoms with van der Waals surface area (Å²) in [7, 11) is 1.52. The van der Waals surface area contributed by atoms with Gasteiger partial charge in [0, 0.05) is 12.7 Å². The van der Waals surface area contributed by atoms with Gasteiger partial charge in [-0.2, -0.15) is 13.2 Å². The number of halogens is 3. The van der Waals surface area contributed by atoms with Crippen LogP contribution in [0.4, 0.5) is 13.2 Å². The molecular formula is C13H16F3NO2. The van der Waals surface area contributed by atoms with Gasteiger partial charge in [-0.25, -0.2) is 0 Å². The Morgan fingerprint density at radius 1 is 1.32 bits per heavy atom. The number of carbonyl (C=O) groups is 1. The number of alkyl halides is 3. The van der Waals surface area contributed by atoms with Crippen LogP contribution in [0.15, 0.2) is 24.3 Å². The van der Waals surface area contributed by atoms with Crippen molar-refractivity contribution < 1.29 is 22.7 Å². The second-order valence-electron chi connectivity index (χ2n) is 4.11. The number of hydrogen-bond donors (Lipinski definition) is 1. The monoisotopic (exact) mass is 275 g/mol. The van der Waals surface area contributed by atoms with Crippen molar-refractivity contribution in [2.24, 2.45) is 0 Å². The zero-order valence-electron chi connectivity index (χ0n) is 10.8. The largest absolute Gasteiger partial charge is 0.416 e. The van der Waals surface area contributed by atoms with E-state index in [2.05, 4.69) is 5.32 Å². The van der Waals surface area contributed by atoms with Gasteiger partial charge in [-0.3, -0.25) is 4.79 Å². The number of amides is 1. The fraction of sp³-hybridized carbons (Fsp3) is 0.462. The molecule has 1 amide bonds. The summed E-state index contributed by atoms with van der Waals surface area (Å²) in [5.74, 6) is -0.405. The van der Waals surface area contributed by atoms with Crippen LogP contribution < -0.4 is 5.32 Å². The van der Waals surface area contributed by atoms with E-state index in [1.165, 1.54) is 7.11 Å². The fourth-order valence-corrected chi connectivity index (χ4v) is 1.54.